The Bertz CT molecular complexity index is 330. The van der Waals surface area contributed by atoms with Gasteiger partial charge in [0.2, 0.25) is 0 Å². The topological polar surface area (TPSA) is 51.2 Å². The summed E-state index contributed by atoms with van der Waals surface area (Å²) in [6, 6.07) is 0. The van der Waals surface area contributed by atoms with Gasteiger partial charge >= 0.3 is 0 Å². The van der Waals surface area contributed by atoms with E-state index in [4.69, 9.17) is 0 Å². The van der Waals surface area contributed by atoms with Crippen molar-refractivity contribution in [2.75, 3.05) is 11.5 Å². The van der Waals surface area contributed by atoms with Crippen LogP contribution in [0.3, 0.4) is 0 Å². The van der Waals surface area contributed by atoms with Gasteiger partial charge in [-0.25, -0.2) is 8.42 Å². The molecule has 1 aliphatic heterocycles. The fraction of sp³-hybridized carbons (Fsp3) is 0.875. The molecule has 2 atom stereocenters. The van der Waals surface area contributed by atoms with Crippen molar-refractivity contribution in [3.05, 3.63) is 0 Å². The lowest BCUT2D eigenvalue weighted by Crippen LogP contribution is -2.10. The minimum atomic E-state index is -2.81. The summed E-state index contributed by atoms with van der Waals surface area (Å²) < 4.78 is 22.3. The monoisotopic (exact) mass is 188 g/mol. The maximum absolute atomic E-state index is 11.1. The first-order valence-electron chi connectivity index (χ1n) is 4.16. The number of sulfone groups is 1. The summed E-state index contributed by atoms with van der Waals surface area (Å²) in [6.45, 7) is 1.56. The van der Waals surface area contributed by atoms with Crippen LogP contribution in [-0.4, -0.2) is 25.7 Å². The number of hydrogen-bond acceptors (Lipinski definition) is 3. The van der Waals surface area contributed by atoms with Crippen molar-refractivity contribution in [1.82, 2.24) is 0 Å². The number of Topliss-reactive ketones (excluding diaryl/α,β-unsaturated/α-hetero) is 1. The smallest absolute Gasteiger partial charge is 0.150 e. The highest BCUT2D eigenvalue weighted by Gasteiger charge is 2.61. The Morgan fingerprint density at radius 3 is 2.50 bits per heavy atom. The predicted octanol–water partition coefficient (Wildman–Crippen LogP) is 0.400. The van der Waals surface area contributed by atoms with Crippen LogP contribution in [0.2, 0.25) is 0 Å². The average molecular weight is 188 g/mol. The van der Waals surface area contributed by atoms with Gasteiger partial charge in [0.25, 0.3) is 0 Å². The molecule has 0 aromatic heterocycles. The summed E-state index contributed by atoms with van der Waals surface area (Å²) in [5.74, 6) is 0.753. The third kappa shape index (κ3) is 1.09. The van der Waals surface area contributed by atoms with Gasteiger partial charge in [0, 0.05) is 5.92 Å². The van der Waals surface area contributed by atoms with Crippen LogP contribution in [0.15, 0.2) is 0 Å². The molecule has 1 aliphatic carbocycles. The summed E-state index contributed by atoms with van der Waals surface area (Å²) in [5, 5.41) is 0. The van der Waals surface area contributed by atoms with Crippen LogP contribution in [0.25, 0.3) is 0 Å². The van der Waals surface area contributed by atoms with Crippen LogP contribution in [0.1, 0.15) is 19.8 Å². The van der Waals surface area contributed by atoms with E-state index in [2.05, 4.69) is 0 Å². The fourth-order valence-corrected chi connectivity index (χ4v) is 4.50. The third-order valence-corrected chi connectivity index (χ3v) is 4.94. The molecular weight excluding hydrogens is 176 g/mol. The van der Waals surface area contributed by atoms with E-state index in [1.54, 1.807) is 6.92 Å². The zero-order valence-electron chi connectivity index (χ0n) is 7.04. The molecule has 0 amide bonds. The molecule has 0 aromatic carbocycles. The molecule has 1 saturated heterocycles. The first-order chi connectivity index (χ1) is 5.45. The van der Waals surface area contributed by atoms with Crippen molar-refractivity contribution in [3.8, 4) is 0 Å². The molecule has 1 spiro atoms. The minimum Gasteiger partial charge on any atom is -0.300 e. The molecule has 2 unspecified atom stereocenters. The standard InChI is InChI=1S/C8H12O3S/c1-6(9)7-4-8(7)2-3-12(10,11)5-8/h7H,2-5H2,1H3. The van der Waals surface area contributed by atoms with Gasteiger partial charge < -0.3 is 0 Å². The molecule has 2 fully saturated rings. The highest BCUT2D eigenvalue weighted by atomic mass is 32.2. The largest absolute Gasteiger partial charge is 0.300 e. The van der Waals surface area contributed by atoms with E-state index in [0.29, 0.717) is 6.42 Å². The summed E-state index contributed by atoms with van der Waals surface area (Å²) in [4.78, 5) is 11.0. The van der Waals surface area contributed by atoms with Crippen molar-refractivity contribution >= 4 is 15.6 Å². The lowest BCUT2D eigenvalue weighted by atomic mass is 10.0. The number of rotatable bonds is 1. The molecule has 4 heteroatoms. The summed E-state index contributed by atoms with van der Waals surface area (Å²) in [6.07, 6.45) is 1.52. The summed E-state index contributed by atoms with van der Waals surface area (Å²) >= 11 is 0. The fourth-order valence-electron chi connectivity index (χ4n) is 2.30. The lowest BCUT2D eigenvalue weighted by Gasteiger charge is -2.02. The maximum atomic E-state index is 11.1. The quantitative estimate of drug-likeness (QED) is 0.598. The van der Waals surface area contributed by atoms with Crippen molar-refractivity contribution in [1.29, 1.82) is 0 Å². The van der Waals surface area contributed by atoms with Gasteiger partial charge in [-0.15, -0.1) is 0 Å². The van der Waals surface area contributed by atoms with E-state index in [1.165, 1.54) is 0 Å². The lowest BCUT2D eigenvalue weighted by molar-refractivity contribution is -0.118. The molecule has 12 heavy (non-hydrogen) atoms. The molecule has 1 heterocycles. The first-order valence-corrected chi connectivity index (χ1v) is 5.98. The Balaban J connectivity index is 2.16. The Morgan fingerprint density at radius 1 is 1.50 bits per heavy atom. The summed E-state index contributed by atoms with van der Waals surface area (Å²) in [7, 11) is -2.81. The molecular formula is C8H12O3S. The van der Waals surface area contributed by atoms with Gasteiger partial charge in [-0.2, -0.15) is 0 Å². The van der Waals surface area contributed by atoms with E-state index < -0.39 is 9.84 Å². The van der Waals surface area contributed by atoms with Gasteiger partial charge in [-0.05, 0) is 25.2 Å². The molecule has 0 radical (unpaired) electrons. The molecule has 2 rings (SSSR count). The van der Waals surface area contributed by atoms with E-state index in [0.717, 1.165) is 6.42 Å². The highest BCUT2D eigenvalue weighted by Crippen LogP contribution is 2.59. The predicted molar refractivity (Wildman–Crippen MR) is 44.5 cm³/mol. The zero-order valence-corrected chi connectivity index (χ0v) is 7.86. The maximum Gasteiger partial charge on any atom is 0.150 e. The van der Waals surface area contributed by atoms with Crippen LogP contribution in [0.4, 0.5) is 0 Å². The second-order valence-electron chi connectivity index (χ2n) is 4.07. The molecule has 0 aromatic rings. The van der Waals surface area contributed by atoms with E-state index in [-0.39, 0.29) is 28.6 Å². The van der Waals surface area contributed by atoms with E-state index >= 15 is 0 Å². The SMILES string of the molecule is CC(=O)C1CC12CCS(=O)(=O)C2. The second-order valence-corrected chi connectivity index (χ2v) is 6.26. The van der Waals surface area contributed by atoms with Gasteiger partial charge in [0.1, 0.15) is 5.78 Å². The number of carbonyl (C=O) groups excluding carboxylic acids is 1. The Labute approximate surface area is 72.1 Å². The Kier molecular flexibility index (Phi) is 1.44. The van der Waals surface area contributed by atoms with Crippen molar-refractivity contribution in [2.45, 2.75) is 19.8 Å². The molecule has 3 nitrogen and oxygen atoms in total. The molecule has 1 saturated carbocycles. The van der Waals surface area contributed by atoms with Crippen molar-refractivity contribution in [2.24, 2.45) is 11.3 Å². The third-order valence-electron chi connectivity index (χ3n) is 3.10. The van der Waals surface area contributed by atoms with Gasteiger partial charge in [0.05, 0.1) is 11.5 Å². The number of hydrogen-bond donors (Lipinski definition) is 0. The van der Waals surface area contributed by atoms with Crippen molar-refractivity contribution in [3.63, 3.8) is 0 Å². The van der Waals surface area contributed by atoms with Crippen molar-refractivity contribution < 1.29 is 13.2 Å². The Hall–Kier alpha value is -0.380. The Morgan fingerprint density at radius 2 is 2.17 bits per heavy atom. The summed E-state index contributed by atoms with van der Waals surface area (Å²) in [5.41, 5.74) is -0.120. The molecule has 2 aliphatic rings. The molecule has 68 valence electrons. The molecule has 0 N–H and O–H groups in total. The van der Waals surface area contributed by atoms with Crippen LogP contribution >= 0.6 is 0 Å². The second kappa shape index (κ2) is 2.10. The van der Waals surface area contributed by atoms with E-state index in [9.17, 15) is 13.2 Å². The first kappa shape index (κ1) is 8.23. The van der Waals surface area contributed by atoms with Crippen LogP contribution < -0.4 is 0 Å². The minimum absolute atomic E-state index is 0.0507. The van der Waals surface area contributed by atoms with E-state index in [1.807, 2.05) is 0 Å². The average Bonchev–Trinajstić information content (AvgIpc) is 2.51. The van der Waals surface area contributed by atoms with Crippen LogP contribution in [0.5, 0.6) is 0 Å². The van der Waals surface area contributed by atoms with Crippen LogP contribution in [0, 0.1) is 11.3 Å². The number of ketones is 1. The number of carbonyl (C=O) groups is 1. The van der Waals surface area contributed by atoms with Gasteiger partial charge in [0.15, 0.2) is 9.84 Å². The van der Waals surface area contributed by atoms with Crippen LogP contribution in [-0.2, 0) is 14.6 Å². The highest BCUT2D eigenvalue weighted by molar-refractivity contribution is 7.91. The normalized spacial score (nSPS) is 43.2. The zero-order chi connectivity index (χ0) is 8.98. The van der Waals surface area contributed by atoms with Gasteiger partial charge in [-0.1, -0.05) is 0 Å². The van der Waals surface area contributed by atoms with Gasteiger partial charge in [-0.3, -0.25) is 4.79 Å². The molecule has 0 bridgehead atoms.